The van der Waals surface area contributed by atoms with Gasteiger partial charge < -0.3 is 5.32 Å². The minimum Gasteiger partial charge on any atom is -0.317 e. The van der Waals surface area contributed by atoms with E-state index in [0.29, 0.717) is 5.92 Å². The number of para-hydroxylation sites is 1. The van der Waals surface area contributed by atoms with E-state index in [0.717, 1.165) is 28.4 Å². The first-order chi connectivity index (χ1) is 12.0. The second kappa shape index (κ2) is 6.54. The third-order valence-electron chi connectivity index (χ3n) is 4.78. The van der Waals surface area contributed by atoms with Crippen LogP contribution < -0.4 is 5.32 Å². The largest absolute Gasteiger partial charge is 0.317 e. The summed E-state index contributed by atoms with van der Waals surface area (Å²) in [6.07, 6.45) is 3.39. The average Bonchev–Trinajstić information content (AvgIpc) is 3.14. The van der Waals surface area contributed by atoms with E-state index in [4.69, 9.17) is 4.98 Å². The van der Waals surface area contributed by atoms with Crippen LogP contribution in [0.2, 0.25) is 0 Å². The highest BCUT2D eigenvalue weighted by Crippen LogP contribution is 2.47. The van der Waals surface area contributed by atoms with E-state index in [-0.39, 0.29) is 11.8 Å². The molecule has 1 aliphatic rings. The third kappa shape index (κ3) is 3.11. The lowest BCUT2D eigenvalue weighted by atomic mass is 9.88. The summed E-state index contributed by atoms with van der Waals surface area (Å²) in [7, 11) is 0. The van der Waals surface area contributed by atoms with Gasteiger partial charge in [-0.15, -0.1) is 22.7 Å². The lowest BCUT2D eigenvalue weighted by Crippen LogP contribution is -2.17. The van der Waals surface area contributed by atoms with Gasteiger partial charge in [0.25, 0.3) is 0 Å². The van der Waals surface area contributed by atoms with Crippen LogP contribution >= 0.6 is 22.7 Å². The number of thiophene rings is 1. The van der Waals surface area contributed by atoms with E-state index in [1.54, 1.807) is 22.7 Å². The average molecular weight is 371 g/mol. The number of nitrogens with zero attached hydrogens (tertiary/aromatic N) is 1. The van der Waals surface area contributed by atoms with Gasteiger partial charge in [0, 0.05) is 16.4 Å². The van der Waals surface area contributed by atoms with E-state index in [1.807, 2.05) is 19.9 Å². The maximum absolute atomic E-state index is 12.3. The Labute approximate surface area is 156 Å². The number of carbonyl (C=O) groups is 1. The zero-order chi connectivity index (χ0) is 17.6. The molecule has 0 radical (unpaired) electrons. The predicted molar refractivity (Wildman–Crippen MR) is 108 cm³/mol. The molecule has 25 heavy (non-hydrogen) atoms. The predicted octanol–water partition coefficient (Wildman–Crippen LogP) is 5.74. The monoisotopic (exact) mass is 370 g/mol. The molecule has 1 aliphatic carbocycles. The molecule has 1 amide bonds. The molecule has 3 nitrogen and oxygen atoms in total. The van der Waals surface area contributed by atoms with Gasteiger partial charge in [-0.05, 0) is 42.9 Å². The van der Waals surface area contributed by atoms with Gasteiger partial charge in [0.05, 0.1) is 10.2 Å². The molecule has 0 bridgehead atoms. The molecule has 0 saturated heterocycles. The minimum absolute atomic E-state index is 0.0266. The number of carbonyl (C=O) groups excluding carboxylic acids is 1. The molecule has 1 atom stereocenters. The maximum atomic E-state index is 12.3. The topological polar surface area (TPSA) is 42.0 Å². The smallest absolute Gasteiger partial charge is 0.227 e. The van der Waals surface area contributed by atoms with Crippen molar-refractivity contribution in [2.24, 2.45) is 11.8 Å². The maximum Gasteiger partial charge on any atom is 0.227 e. The lowest BCUT2D eigenvalue weighted by molar-refractivity contribution is -0.118. The molecule has 130 valence electrons. The van der Waals surface area contributed by atoms with E-state index in [2.05, 4.69) is 30.4 Å². The zero-order valence-electron chi connectivity index (χ0n) is 14.8. The van der Waals surface area contributed by atoms with Crippen LogP contribution in [0.3, 0.4) is 0 Å². The summed E-state index contributed by atoms with van der Waals surface area (Å²) in [6.45, 7) is 6.18. The normalized spacial score (nSPS) is 17.0. The Balaban J connectivity index is 1.85. The lowest BCUT2D eigenvalue weighted by Gasteiger charge is -2.18. The van der Waals surface area contributed by atoms with Crippen molar-refractivity contribution in [1.82, 2.24) is 4.98 Å². The summed E-state index contributed by atoms with van der Waals surface area (Å²) in [6, 6.07) is 8.25. The molecule has 1 aromatic carbocycles. The Morgan fingerprint density at radius 2 is 2.08 bits per heavy atom. The van der Waals surface area contributed by atoms with Gasteiger partial charge in [-0.25, -0.2) is 4.98 Å². The Bertz CT molecular complexity index is 905. The van der Waals surface area contributed by atoms with E-state index >= 15 is 0 Å². The number of thiazole rings is 1. The van der Waals surface area contributed by atoms with Gasteiger partial charge in [0.1, 0.15) is 10.0 Å². The summed E-state index contributed by atoms with van der Waals surface area (Å²) >= 11 is 3.47. The Kier molecular flexibility index (Phi) is 4.38. The molecule has 5 heteroatoms. The second-order valence-corrected chi connectivity index (χ2v) is 9.32. The highest BCUT2D eigenvalue weighted by Gasteiger charge is 2.27. The molecule has 0 fully saturated rings. The molecule has 1 unspecified atom stereocenters. The summed E-state index contributed by atoms with van der Waals surface area (Å²) in [5, 5.41) is 5.19. The summed E-state index contributed by atoms with van der Waals surface area (Å²) in [5.74, 6) is 0.762. The third-order valence-corrected chi connectivity index (χ3v) is 7.00. The Hall–Kier alpha value is -1.72. The van der Waals surface area contributed by atoms with Gasteiger partial charge in [0.15, 0.2) is 0 Å². The number of fused-ring (bicyclic) bond motifs is 2. The summed E-state index contributed by atoms with van der Waals surface area (Å²) in [5.41, 5.74) is 3.61. The molecular weight excluding hydrogens is 348 g/mol. The molecule has 0 spiro atoms. The minimum atomic E-state index is -0.0266. The molecule has 4 rings (SSSR count). The number of amides is 1. The first kappa shape index (κ1) is 16.7. The molecule has 2 heterocycles. The first-order valence-electron chi connectivity index (χ1n) is 8.84. The van der Waals surface area contributed by atoms with Crippen LogP contribution in [0.4, 0.5) is 5.00 Å². The molecule has 0 aliphatic heterocycles. The summed E-state index contributed by atoms with van der Waals surface area (Å²) < 4.78 is 1.20. The van der Waals surface area contributed by atoms with Gasteiger partial charge >= 0.3 is 0 Å². The highest BCUT2D eigenvalue weighted by molar-refractivity contribution is 7.22. The van der Waals surface area contributed by atoms with Crippen LogP contribution in [0.25, 0.3) is 20.8 Å². The molecular formula is C20H22N2OS2. The van der Waals surface area contributed by atoms with Gasteiger partial charge in [-0.1, -0.05) is 32.9 Å². The summed E-state index contributed by atoms with van der Waals surface area (Å²) in [4.78, 5) is 18.6. The molecule has 1 N–H and O–H groups in total. The van der Waals surface area contributed by atoms with E-state index < -0.39 is 0 Å². The Morgan fingerprint density at radius 3 is 2.84 bits per heavy atom. The highest BCUT2D eigenvalue weighted by atomic mass is 32.1. The van der Waals surface area contributed by atoms with Crippen molar-refractivity contribution in [1.29, 1.82) is 0 Å². The fourth-order valence-corrected chi connectivity index (χ4v) is 5.82. The Morgan fingerprint density at radius 1 is 1.28 bits per heavy atom. The number of nitrogens with one attached hydrogen (secondary N) is 1. The van der Waals surface area contributed by atoms with Gasteiger partial charge in [-0.2, -0.15) is 0 Å². The fraction of sp³-hybridized carbons (Fsp3) is 0.400. The van der Waals surface area contributed by atoms with E-state index in [1.165, 1.54) is 27.1 Å². The van der Waals surface area contributed by atoms with E-state index in [9.17, 15) is 4.79 Å². The van der Waals surface area contributed by atoms with Crippen molar-refractivity contribution < 1.29 is 4.79 Å². The van der Waals surface area contributed by atoms with Crippen LogP contribution in [-0.4, -0.2) is 10.9 Å². The number of rotatable bonds is 3. The number of benzene rings is 1. The van der Waals surface area contributed by atoms with Crippen molar-refractivity contribution in [2.75, 3.05) is 5.32 Å². The van der Waals surface area contributed by atoms with Crippen molar-refractivity contribution in [3.8, 4) is 10.6 Å². The van der Waals surface area contributed by atoms with Crippen LogP contribution in [0.5, 0.6) is 0 Å². The van der Waals surface area contributed by atoms with Crippen molar-refractivity contribution in [3.63, 3.8) is 0 Å². The molecule has 2 aromatic heterocycles. The standard InChI is InChI=1S/C20H22N2OS2/c1-11(2)18(23)22-20-17(13-9-8-12(3)10-16(13)25-20)19-21-14-6-4-5-7-15(14)24-19/h4-7,11-12H,8-10H2,1-3H3,(H,22,23). The van der Waals surface area contributed by atoms with Gasteiger partial charge in [0.2, 0.25) is 5.91 Å². The van der Waals surface area contributed by atoms with Crippen LogP contribution in [-0.2, 0) is 17.6 Å². The van der Waals surface area contributed by atoms with Crippen LogP contribution in [0.15, 0.2) is 24.3 Å². The van der Waals surface area contributed by atoms with Gasteiger partial charge in [-0.3, -0.25) is 4.79 Å². The number of anilines is 1. The number of aromatic nitrogens is 1. The van der Waals surface area contributed by atoms with Crippen LogP contribution in [0.1, 0.15) is 37.6 Å². The van der Waals surface area contributed by atoms with Crippen molar-refractivity contribution in [2.45, 2.75) is 40.0 Å². The van der Waals surface area contributed by atoms with Crippen molar-refractivity contribution in [3.05, 3.63) is 34.7 Å². The number of hydrogen-bond acceptors (Lipinski definition) is 4. The second-order valence-electron chi connectivity index (χ2n) is 7.19. The quantitative estimate of drug-likeness (QED) is 0.638. The van der Waals surface area contributed by atoms with Crippen molar-refractivity contribution >= 4 is 43.8 Å². The number of hydrogen-bond donors (Lipinski definition) is 1. The SMILES string of the molecule is CC1CCc2c(sc(NC(=O)C(C)C)c2-c2nc3ccccc3s2)C1. The zero-order valence-corrected chi connectivity index (χ0v) is 16.4. The molecule has 0 saturated carbocycles. The molecule has 3 aromatic rings. The fourth-order valence-electron chi connectivity index (χ4n) is 3.30. The first-order valence-corrected chi connectivity index (χ1v) is 10.5. The van der Waals surface area contributed by atoms with Crippen LogP contribution in [0, 0.1) is 11.8 Å².